The van der Waals surface area contributed by atoms with Gasteiger partial charge >= 0.3 is 5.97 Å². The van der Waals surface area contributed by atoms with Gasteiger partial charge in [0.15, 0.2) is 0 Å². The summed E-state index contributed by atoms with van der Waals surface area (Å²) >= 11 is 0. The second-order valence-electron chi connectivity index (χ2n) is 3.95. The third-order valence-corrected chi connectivity index (χ3v) is 2.55. The fourth-order valence-corrected chi connectivity index (χ4v) is 1.66. The largest absolute Gasteiger partial charge is 0.480 e. The molecule has 1 amide bonds. The molecule has 1 atom stereocenters. The first-order valence-electron chi connectivity index (χ1n) is 5.25. The van der Waals surface area contributed by atoms with Gasteiger partial charge in [-0.25, -0.2) is 8.78 Å². The molecular weight excluding hydrogens is 244 g/mol. The zero-order valence-electron chi connectivity index (χ0n) is 9.98. The van der Waals surface area contributed by atoms with Crippen molar-refractivity contribution in [1.82, 2.24) is 4.90 Å². The molecule has 0 saturated heterocycles. The summed E-state index contributed by atoms with van der Waals surface area (Å²) in [6, 6.07) is 3.31. The molecule has 1 N–H and O–H groups in total. The van der Waals surface area contributed by atoms with Crippen molar-refractivity contribution in [2.45, 2.75) is 12.8 Å². The lowest BCUT2D eigenvalue weighted by Gasteiger charge is -2.20. The highest BCUT2D eigenvalue weighted by Crippen LogP contribution is 2.23. The summed E-state index contributed by atoms with van der Waals surface area (Å²) in [6.45, 7) is 0.821. The number of hydrogen-bond acceptors (Lipinski definition) is 2. The monoisotopic (exact) mass is 257 g/mol. The molecule has 0 spiro atoms. The molecule has 1 aromatic carbocycles. The number of hydrogen-bond donors (Lipinski definition) is 1. The summed E-state index contributed by atoms with van der Waals surface area (Å²) in [5, 5.41) is 8.55. The fraction of sp³-hybridized carbons (Fsp3) is 0.333. The highest BCUT2D eigenvalue weighted by atomic mass is 19.1. The Hall–Kier alpha value is -1.98. The Morgan fingerprint density at radius 1 is 1.33 bits per heavy atom. The van der Waals surface area contributed by atoms with Crippen LogP contribution in [0.3, 0.4) is 0 Å². The number of carbonyl (C=O) groups excluding carboxylic acids is 1. The van der Waals surface area contributed by atoms with Crippen LogP contribution in [0.5, 0.6) is 0 Å². The van der Waals surface area contributed by atoms with E-state index in [-0.39, 0.29) is 5.56 Å². The van der Waals surface area contributed by atoms with Gasteiger partial charge in [-0.1, -0.05) is 6.07 Å². The number of benzene rings is 1. The van der Waals surface area contributed by atoms with E-state index in [9.17, 15) is 18.4 Å². The maximum atomic E-state index is 13.5. The van der Waals surface area contributed by atoms with Gasteiger partial charge in [-0.2, -0.15) is 0 Å². The number of aliphatic carboxylic acids is 1. The minimum Gasteiger partial charge on any atom is -0.480 e. The normalized spacial score (nSPS) is 12.0. The van der Waals surface area contributed by atoms with Gasteiger partial charge < -0.3 is 10.0 Å². The molecule has 1 unspecified atom stereocenters. The zero-order chi connectivity index (χ0) is 13.9. The predicted molar refractivity (Wildman–Crippen MR) is 60.0 cm³/mol. The van der Waals surface area contributed by atoms with Crippen LogP contribution in [-0.2, 0) is 9.59 Å². The Morgan fingerprint density at radius 3 is 2.28 bits per heavy atom. The third kappa shape index (κ3) is 3.03. The maximum absolute atomic E-state index is 13.5. The number of carbonyl (C=O) groups is 2. The molecule has 18 heavy (non-hydrogen) atoms. The first-order valence-corrected chi connectivity index (χ1v) is 5.25. The van der Waals surface area contributed by atoms with Gasteiger partial charge in [0.1, 0.15) is 18.2 Å². The summed E-state index contributed by atoms with van der Waals surface area (Å²) in [7, 11) is 1.27. The predicted octanol–water partition coefficient (Wildman–Crippen LogP) is 1.61. The van der Waals surface area contributed by atoms with Crippen molar-refractivity contribution < 1.29 is 23.5 Å². The van der Waals surface area contributed by atoms with Crippen LogP contribution in [-0.4, -0.2) is 35.5 Å². The van der Waals surface area contributed by atoms with Crippen molar-refractivity contribution in [3.05, 3.63) is 35.4 Å². The van der Waals surface area contributed by atoms with Gasteiger partial charge in [0, 0.05) is 12.6 Å². The molecule has 0 bridgehead atoms. The molecule has 0 aromatic heterocycles. The van der Waals surface area contributed by atoms with Crippen molar-refractivity contribution in [2.24, 2.45) is 0 Å². The number of halogens is 2. The van der Waals surface area contributed by atoms with Crippen LogP contribution < -0.4 is 0 Å². The van der Waals surface area contributed by atoms with E-state index in [1.807, 2.05) is 0 Å². The molecule has 0 aliphatic rings. The number of amides is 1. The summed E-state index contributed by atoms with van der Waals surface area (Å²) in [4.78, 5) is 23.2. The summed E-state index contributed by atoms with van der Waals surface area (Å²) in [5.74, 6) is -4.55. The van der Waals surface area contributed by atoms with Crippen molar-refractivity contribution in [3.8, 4) is 0 Å². The van der Waals surface area contributed by atoms with Gasteiger partial charge in [0.05, 0.1) is 5.92 Å². The van der Waals surface area contributed by atoms with Gasteiger partial charge in [-0.15, -0.1) is 0 Å². The molecule has 1 aromatic rings. The first-order chi connectivity index (χ1) is 8.34. The summed E-state index contributed by atoms with van der Waals surface area (Å²) < 4.78 is 26.9. The van der Waals surface area contributed by atoms with E-state index in [2.05, 4.69) is 0 Å². The van der Waals surface area contributed by atoms with Crippen LogP contribution in [0, 0.1) is 11.6 Å². The van der Waals surface area contributed by atoms with E-state index < -0.39 is 36.0 Å². The van der Waals surface area contributed by atoms with Crippen molar-refractivity contribution in [1.29, 1.82) is 0 Å². The van der Waals surface area contributed by atoms with Gasteiger partial charge in [0.2, 0.25) is 5.91 Å². The van der Waals surface area contributed by atoms with Crippen LogP contribution in [0.1, 0.15) is 18.4 Å². The van der Waals surface area contributed by atoms with Crippen molar-refractivity contribution in [3.63, 3.8) is 0 Å². The number of carboxylic acid groups (broad SMARTS) is 1. The Labute approximate surface area is 103 Å². The fourth-order valence-electron chi connectivity index (χ4n) is 1.66. The van der Waals surface area contributed by atoms with Crippen LogP contribution in [0.15, 0.2) is 18.2 Å². The lowest BCUT2D eigenvalue weighted by Crippen LogP contribution is -2.35. The van der Waals surface area contributed by atoms with Crippen LogP contribution in [0.25, 0.3) is 0 Å². The highest BCUT2D eigenvalue weighted by Gasteiger charge is 2.25. The molecule has 4 nitrogen and oxygen atoms in total. The van der Waals surface area contributed by atoms with Crippen LogP contribution in [0.2, 0.25) is 0 Å². The highest BCUT2D eigenvalue weighted by molar-refractivity contribution is 5.86. The summed E-state index contributed by atoms with van der Waals surface area (Å²) in [6.07, 6.45) is 0. The smallest absolute Gasteiger partial charge is 0.323 e. The Bertz CT molecular complexity index is 456. The van der Waals surface area contributed by atoms with E-state index in [0.717, 1.165) is 17.0 Å². The first kappa shape index (κ1) is 14.1. The molecule has 0 heterocycles. The minimum absolute atomic E-state index is 0.347. The SMILES string of the molecule is CC(C(=O)N(C)CC(=O)O)c1c(F)cccc1F. The standard InChI is InChI=1S/C12H13F2NO3/c1-7(12(18)15(2)6-10(16)17)11-8(13)4-3-5-9(11)14/h3-5,7H,6H2,1-2H3,(H,16,17). The van der Waals surface area contributed by atoms with E-state index in [0.29, 0.717) is 0 Å². The average molecular weight is 257 g/mol. The molecule has 0 fully saturated rings. The molecule has 0 radical (unpaired) electrons. The molecule has 0 saturated carbocycles. The second kappa shape index (κ2) is 5.57. The average Bonchev–Trinajstić information content (AvgIpc) is 2.26. The number of rotatable bonds is 4. The zero-order valence-corrected chi connectivity index (χ0v) is 9.98. The topological polar surface area (TPSA) is 57.6 Å². The Morgan fingerprint density at radius 2 is 1.83 bits per heavy atom. The van der Waals surface area contributed by atoms with Gasteiger partial charge in [-0.05, 0) is 19.1 Å². The molecule has 1 rings (SSSR count). The molecule has 0 aliphatic heterocycles. The molecule has 6 heteroatoms. The lowest BCUT2D eigenvalue weighted by atomic mass is 9.98. The number of nitrogens with zero attached hydrogens (tertiary/aromatic N) is 1. The molecular formula is C12H13F2NO3. The maximum Gasteiger partial charge on any atom is 0.323 e. The number of carboxylic acids is 1. The molecule has 98 valence electrons. The number of likely N-dealkylation sites (N-methyl/N-ethyl adjacent to an activating group) is 1. The van der Waals surface area contributed by atoms with E-state index >= 15 is 0 Å². The quantitative estimate of drug-likeness (QED) is 0.891. The second-order valence-corrected chi connectivity index (χ2v) is 3.95. The van der Waals surface area contributed by atoms with E-state index in [1.54, 1.807) is 0 Å². The van der Waals surface area contributed by atoms with E-state index in [4.69, 9.17) is 5.11 Å². The van der Waals surface area contributed by atoms with Crippen molar-refractivity contribution >= 4 is 11.9 Å². The molecule has 0 aliphatic carbocycles. The minimum atomic E-state index is -1.19. The van der Waals surface area contributed by atoms with E-state index in [1.165, 1.54) is 20.0 Å². The Balaban J connectivity index is 2.96. The van der Waals surface area contributed by atoms with Crippen molar-refractivity contribution in [2.75, 3.05) is 13.6 Å². The Kier molecular flexibility index (Phi) is 4.36. The van der Waals surface area contributed by atoms with Gasteiger partial charge in [0.25, 0.3) is 0 Å². The van der Waals surface area contributed by atoms with Crippen LogP contribution in [0.4, 0.5) is 8.78 Å². The van der Waals surface area contributed by atoms with Gasteiger partial charge in [-0.3, -0.25) is 9.59 Å². The third-order valence-electron chi connectivity index (χ3n) is 2.55. The summed E-state index contributed by atoms with van der Waals surface area (Å²) in [5.41, 5.74) is -0.347. The lowest BCUT2D eigenvalue weighted by molar-refractivity contribution is -0.143. The van der Waals surface area contributed by atoms with Crippen LogP contribution >= 0.6 is 0 Å².